The molecule has 0 amide bonds. The van der Waals surface area contributed by atoms with Crippen LogP contribution in [0.2, 0.25) is 0 Å². The molecule has 1 aromatic carbocycles. The number of fused-ring (bicyclic) bond motifs is 1. The molecular formula is C23H35N5. The number of hydrogen-bond donors (Lipinski definition) is 1. The number of piperazine rings is 1. The standard InChI is InChI=1S/C23H35N5/c1-23(2,3)20-7-5-19(6-8-20)17-26-11-13-27(14-12-26)18-21-15-22-16-24-9-4-10-28(22)25-21/h5-8,15,24H,4,9-14,16-18H2,1-3H3. The minimum Gasteiger partial charge on any atom is -0.311 e. The number of aryl methyl sites for hydroxylation is 1. The zero-order valence-electron chi connectivity index (χ0n) is 17.7. The third-order valence-electron chi connectivity index (χ3n) is 6.02. The predicted octanol–water partition coefficient (Wildman–Crippen LogP) is 2.99. The van der Waals surface area contributed by atoms with Crippen LogP contribution in [0.15, 0.2) is 30.3 Å². The first-order valence-electron chi connectivity index (χ1n) is 10.8. The fraction of sp³-hybridized carbons (Fsp3) is 0.609. The average Bonchev–Trinajstić information content (AvgIpc) is 2.91. The molecule has 0 saturated carbocycles. The summed E-state index contributed by atoms with van der Waals surface area (Å²) in [6.45, 7) is 16.5. The van der Waals surface area contributed by atoms with E-state index in [4.69, 9.17) is 5.10 Å². The van der Waals surface area contributed by atoms with Crippen LogP contribution in [0.25, 0.3) is 0 Å². The van der Waals surface area contributed by atoms with E-state index in [9.17, 15) is 0 Å². The Morgan fingerprint density at radius 1 is 0.929 bits per heavy atom. The lowest BCUT2D eigenvalue weighted by atomic mass is 9.87. The van der Waals surface area contributed by atoms with Crippen molar-refractivity contribution in [2.75, 3.05) is 32.7 Å². The summed E-state index contributed by atoms with van der Waals surface area (Å²) in [5.74, 6) is 0. The minimum atomic E-state index is 0.228. The van der Waals surface area contributed by atoms with Crippen molar-refractivity contribution in [1.82, 2.24) is 24.9 Å². The zero-order chi connectivity index (χ0) is 19.6. The van der Waals surface area contributed by atoms with E-state index in [-0.39, 0.29) is 5.41 Å². The highest BCUT2D eigenvalue weighted by molar-refractivity contribution is 5.27. The molecule has 1 fully saturated rings. The second-order valence-corrected chi connectivity index (χ2v) is 9.38. The topological polar surface area (TPSA) is 36.3 Å². The van der Waals surface area contributed by atoms with Gasteiger partial charge in [-0.1, -0.05) is 45.0 Å². The summed E-state index contributed by atoms with van der Waals surface area (Å²) in [5, 5.41) is 8.32. The first-order valence-corrected chi connectivity index (χ1v) is 10.8. The highest BCUT2D eigenvalue weighted by Gasteiger charge is 2.20. The Morgan fingerprint density at radius 3 is 2.29 bits per heavy atom. The quantitative estimate of drug-likeness (QED) is 0.883. The number of benzene rings is 1. The summed E-state index contributed by atoms with van der Waals surface area (Å²) < 4.78 is 2.20. The number of aromatic nitrogens is 2. The molecule has 0 aliphatic carbocycles. The van der Waals surface area contributed by atoms with Crippen molar-refractivity contribution < 1.29 is 0 Å². The first-order chi connectivity index (χ1) is 13.5. The lowest BCUT2D eigenvalue weighted by molar-refractivity contribution is 0.121. The molecule has 0 radical (unpaired) electrons. The maximum absolute atomic E-state index is 4.84. The van der Waals surface area contributed by atoms with Gasteiger partial charge in [0.15, 0.2) is 0 Å². The van der Waals surface area contributed by atoms with Gasteiger partial charge >= 0.3 is 0 Å². The molecule has 0 spiro atoms. The Bertz CT molecular complexity index is 740. The second-order valence-electron chi connectivity index (χ2n) is 9.38. The van der Waals surface area contributed by atoms with E-state index in [0.717, 1.165) is 58.9 Å². The monoisotopic (exact) mass is 381 g/mol. The van der Waals surface area contributed by atoms with Gasteiger partial charge in [0.25, 0.3) is 0 Å². The fourth-order valence-corrected chi connectivity index (χ4v) is 4.20. The molecule has 5 nitrogen and oxygen atoms in total. The van der Waals surface area contributed by atoms with E-state index in [1.165, 1.54) is 28.9 Å². The highest BCUT2D eigenvalue weighted by atomic mass is 15.3. The van der Waals surface area contributed by atoms with Crippen LogP contribution in [-0.2, 0) is 31.6 Å². The Morgan fingerprint density at radius 2 is 1.61 bits per heavy atom. The Balaban J connectivity index is 1.27. The second kappa shape index (κ2) is 8.36. The number of rotatable bonds is 4. The van der Waals surface area contributed by atoms with E-state index >= 15 is 0 Å². The van der Waals surface area contributed by atoms with Gasteiger partial charge in [-0.05, 0) is 35.6 Å². The van der Waals surface area contributed by atoms with Crippen LogP contribution in [-0.4, -0.2) is 52.3 Å². The molecule has 28 heavy (non-hydrogen) atoms. The minimum absolute atomic E-state index is 0.228. The number of nitrogens with one attached hydrogen (secondary N) is 1. The van der Waals surface area contributed by atoms with Gasteiger partial charge in [0, 0.05) is 52.4 Å². The van der Waals surface area contributed by atoms with Gasteiger partial charge in [0.2, 0.25) is 0 Å². The van der Waals surface area contributed by atoms with Crippen LogP contribution in [0, 0.1) is 0 Å². The van der Waals surface area contributed by atoms with Crippen LogP contribution in [0.4, 0.5) is 0 Å². The van der Waals surface area contributed by atoms with Crippen LogP contribution in [0.3, 0.4) is 0 Å². The van der Waals surface area contributed by atoms with E-state index in [0.29, 0.717) is 0 Å². The molecule has 2 aliphatic heterocycles. The Labute approximate surface area is 169 Å². The van der Waals surface area contributed by atoms with Crippen molar-refractivity contribution in [3.63, 3.8) is 0 Å². The molecule has 3 heterocycles. The average molecular weight is 382 g/mol. The van der Waals surface area contributed by atoms with E-state index in [2.05, 4.69) is 70.9 Å². The SMILES string of the molecule is CC(C)(C)c1ccc(CN2CCN(Cc3cc4n(n3)CCCNC4)CC2)cc1. The van der Waals surface area contributed by atoms with Crippen LogP contribution in [0.1, 0.15) is 49.7 Å². The summed E-state index contributed by atoms with van der Waals surface area (Å²) in [6.07, 6.45) is 1.17. The molecular weight excluding hydrogens is 346 g/mol. The van der Waals surface area contributed by atoms with Crippen molar-refractivity contribution >= 4 is 0 Å². The highest BCUT2D eigenvalue weighted by Crippen LogP contribution is 2.22. The normalized spacial score (nSPS) is 19.4. The van der Waals surface area contributed by atoms with Crippen molar-refractivity contribution in [2.24, 2.45) is 0 Å². The molecule has 152 valence electrons. The largest absolute Gasteiger partial charge is 0.311 e. The molecule has 2 aromatic rings. The molecule has 4 rings (SSSR count). The van der Waals surface area contributed by atoms with Gasteiger partial charge in [0.1, 0.15) is 0 Å². The molecule has 0 atom stereocenters. The lowest BCUT2D eigenvalue weighted by Gasteiger charge is -2.34. The molecule has 2 aliphatic rings. The lowest BCUT2D eigenvalue weighted by Crippen LogP contribution is -2.45. The van der Waals surface area contributed by atoms with Crippen LogP contribution >= 0.6 is 0 Å². The number of nitrogens with zero attached hydrogens (tertiary/aromatic N) is 4. The smallest absolute Gasteiger partial charge is 0.0768 e. The van der Waals surface area contributed by atoms with E-state index in [1.54, 1.807) is 0 Å². The summed E-state index contributed by atoms with van der Waals surface area (Å²) in [4.78, 5) is 5.13. The van der Waals surface area contributed by atoms with Crippen molar-refractivity contribution in [3.05, 3.63) is 52.8 Å². The van der Waals surface area contributed by atoms with Crippen molar-refractivity contribution in [3.8, 4) is 0 Å². The Hall–Kier alpha value is -1.69. The predicted molar refractivity (Wildman–Crippen MR) is 114 cm³/mol. The van der Waals surface area contributed by atoms with Crippen LogP contribution in [0.5, 0.6) is 0 Å². The maximum Gasteiger partial charge on any atom is 0.0768 e. The van der Waals surface area contributed by atoms with Crippen LogP contribution < -0.4 is 5.32 Å². The van der Waals surface area contributed by atoms with Gasteiger partial charge < -0.3 is 5.32 Å². The van der Waals surface area contributed by atoms with Crippen molar-refractivity contribution in [2.45, 2.75) is 58.8 Å². The van der Waals surface area contributed by atoms with Crippen molar-refractivity contribution in [1.29, 1.82) is 0 Å². The molecule has 0 bridgehead atoms. The molecule has 1 N–H and O–H groups in total. The Kier molecular flexibility index (Phi) is 5.85. The molecule has 1 saturated heterocycles. The number of hydrogen-bond acceptors (Lipinski definition) is 4. The van der Waals surface area contributed by atoms with Gasteiger partial charge in [-0.3, -0.25) is 14.5 Å². The first kappa shape index (κ1) is 19.6. The van der Waals surface area contributed by atoms with E-state index in [1.807, 2.05) is 0 Å². The van der Waals surface area contributed by atoms with Gasteiger partial charge in [-0.15, -0.1) is 0 Å². The summed E-state index contributed by atoms with van der Waals surface area (Å²) in [5.41, 5.74) is 5.63. The third kappa shape index (κ3) is 4.83. The summed E-state index contributed by atoms with van der Waals surface area (Å²) >= 11 is 0. The van der Waals surface area contributed by atoms with Gasteiger partial charge in [0.05, 0.1) is 11.4 Å². The molecule has 5 heteroatoms. The van der Waals surface area contributed by atoms with E-state index < -0.39 is 0 Å². The summed E-state index contributed by atoms with van der Waals surface area (Å²) in [7, 11) is 0. The third-order valence-corrected chi connectivity index (χ3v) is 6.02. The van der Waals surface area contributed by atoms with Gasteiger partial charge in [-0.25, -0.2) is 0 Å². The zero-order valence-corrected chi connectivity index (χ0v) is 17.7. The summed E-state index contributed by atoms with van der Waals surface area (Å²) in [6, 6.07) is 11.5. The molecule has 0 unspecified atom stereocenters. The fourth-order valence-electron chi connectivity index (χ4n) is 4.20. The molecule has 1 aromatic heterocycles. The van der Waals surface area contributed by atoms with Gasteiger partial charge in [-0.2, -0.15) is 5.10 Å². The maximum atomic E-state index is 4.84.